The number of benzene rings is 4. The number of aromatic nitrogens is 2. The van der Waals surface area contributed by atoms with Crippen LogP contribution in [0.25, 0.3) is 21.8 Å². The van der Waals surface area contributed by atoms with E-state index in [1.165, 1.54) is 66.3 Å². The second kappa shape index (κ2) is 30.7. The van der Waals surface area contributed by atoms with E-state index in [0.29, 0.717) is 199 Å². The van der Waals surface area contributed by atoms with Crippen molar-refractivity contribution in [1.29, 1.82) is 0 Å². The number of esters is 6. The van der Waals surface area contributed by atoms with Gasteiger partial charge in [0.15, 0.2) is 12.2 Å². The summed E-state index contributed by atoms with van der Waals surface area (Å²) in [5, 5.41) is 52.5. The number of H-pyrrole nitrogens is 2. The summed E-state index contributed by atoms with van der Waals surface area (Å²) in [6.45, 7) is 16.3. The van der Waals surface area contributed by atoms with Crippen LogP contribution in [0.5, 0.6) is 11.5 Å². The van der Waals surface area contributed by atoms with Crippen LogP contribution >= 0.6 is 0 Å². The van der Waals surface area contributed by atoms with E-state index < -0.39 is 127 Å². The fourth-order valence-electron chi connectivity index (χ4n) is 26.7. The van der Waals surface area contributed by atoms with E-state index in [2.05, 4.69) is 41.7 Å². The lowest BCUT2D eigenvalue weighted by Crippen LogP contribution is -2.81. The summed E-state index contributed by atoms with van der Waals surface area (Å²) in [7, 11) is 8.18. The molecule has 2 aromatic heterocycles. The summed E-state index contributed by atoms with van der Waals surface area (Å²) in [4.78, 5) is 132. The van der Waals surface area contributed by atoms with Crippen molar-refractivity contribution in [3.05, 3.63) is 142 Å². The molecule has 6 N–H and O–H groups in total. The quantitative estimate of drug-likeness (QED) is 0.0245. The van der Waals surface area contributed by atoms with Gasteiger partial charge in [-0.05, 0) is 148 Å². The van der Waals surface area contributed by atoms with Crippen LogP contribution in [0.1, 0.15) is 151 Å². The number of aromatic amines is 2. The molecule has 2 unspecified atom stereocenters. The summed E-state index contributed by atoms with van der Waals surface area (Å²) in [5.74, 6) is -4.13. The van der Waals surface area contributed by atoms with Crippen LogP contribution in [-0.2, 0) is 115 Å². The zero-order valence-electron chi connectivity index (χ0n) is 71.0. The first kappa shape index (κ1) is 85.4. The van der Waals surface area contributed by atoms with Gasteiger partial charge in [0.25, 0.3) is 0 Å². The van der Waals surface area contributed by atoms with Gasteiger partial charge in [0.1, 0.15) is 22.3 Å². The number of amides is 2. The first-order valence-corrected chi connectivity index (χ1v) is 42.5. The molecule has 12 aliphatic rings. The Labute approximate surface area is 710 Å². The van der Waals surface area contributed by atoms with E-state index >= 15 is 9.59 Å². The highest BCUT2D eigenvalue weighted by Gasteiger charge is 2.83. The molecule has 2 amide bonds. The largest absolute Gasteiger partial charge is 2.00 e. The maximum Gasteiger partial charge on any atom is 0.344 e. The molecule has 4 saturated heterocycles. The van der Waals surface area contributed by atoms with Crippen molar-refractivity contribution in [1.82, 2.24) is 29.6 Å². The molecule has 18 rings (SSSR count). The number of aliphatic hydroxyl groups is 4. The fraction of sp³-hybridized carbons (Fsp3) is 0.565. The molecule has 12 heterocycles. The number of fused-ring (bicyclic) bond motifs is 12. The van der Waals surface area contributed by atoms with E-state index in [9.17, 15) is 49.2 Å². The molecule has 29 heteroatoms. The minimum Gasteiger partial charge on any atom is -2.00 e. The molecule has 4 bridgehead atoms. The van der Waals surface area contributed by atoms with Gasteiger partial charge in [-0.1, -0.05) is 88.4 Å². The zero-order chi connectivity index (χ0) is 85.1. The number of anilines is 2. The topological polar surface area (TPSA) is 342 Å². The van der Waals surface area contributed by atoms with Crippen molar-refractivity contribution in [3.8, 4) is 11.5 Å². The van der Waals surface area contributed by atoms with Gasteiger partial charge in [0.2, 0.25) is 24.0 Å². The third-order valence-electron chi connectivity index (χ3n) is 31.0. The minimum atomic E-state index is -2.53. The van der Waals surface area contributed by atoms with Crippen molar-refractivity contribution < 1.29 is 96.7 Å². The summed E-state index contributed by atoms with van der Waals surface area (Å²) in [6, 6.07) is 19.9. The van der Waals surface area contributed by atoms with E-state index in [4.69, 9.17) is 37.9 Å². The van der Waals surface area contributed by atoms with Crippen LogP contribution in [0.2, 0.25) is 0 Å². The van der Waals surface area contributed by atoms with Gasteiger partial charge in [0, 0.05) is 156 Å². The molecule has 6 aromatic rings. The fourth-order valence-corrected chi connectivity index (χ4v) is 26.7. The molecule has 2 spiro atoms. The molecule has 0 radical (unpaired) electrons. The summed E-state index contributed by atoms with van der Waals surface area (Å²) < 4.78 is 47.4. The van der Waals surface area contributed by atoms with E-state index in [-0.39, 0.29) is 38.2 Å². The molecule has 648 valence electrons. The molecule has 10 aliphatic heterocycles. The minimum absolute atomic E-state index is 0. The maximum absolute atomic E-state index is 15.3. The number of para-hydroxylation sites is 2. The van der Waals surface area contributed by atoms with E-state index in [0.717, 1.165) is 32.9 Å². The lowest BCUT2D eigenvalue weighted by molar-refractivity contribution is -0.229. The number of hydrogen-bond acceptors (Lipinski definition) is 24. The standard InChI is InChI=1S/2C46H56N4O10.S/c2*1-7-42(55)22-28-23-45(40(53)58-5,36-30(14-18-48(24-28)25-42)29-12-9-10-13-33(29)47-36)32-20-31-34(21-35(32)57-4)50(26-51)38-44(31)16-19-49-17-11-15-43(8-2,37(44)49)39(60-27(3)52)46(38,56)41(54)59-6;/h2*9-13,15,20-21,26,28,37-39,47,55-56H,7-8,14,16-19,22-25H2,1-6H3;/q;;-2/t2*28-,37+,38-,39-,42+,43-,44-,45+,46+;/m11./s1. The normalized spacial score (nSPS) is 36.2. The smallest absolute Gasteiger partial charge is 0.344 e. The zero-order valence-corrected chi connectivity index (χ0v) is 71.8. The second-order valence-electron chi connectivity index (χ2n) is 36.2. The number of carbonyl (C=O) groups excluding carboxylic acids is 8. The maximum atomic E-state index is 15.3. The molecular weight excluding hydrogens is 1570 g/mol. The third-order valence-corrected chi connectivity index (χ3v) is 31.0. The van der Waals surface area contributed by atoms with Gasteiger partial charge in [0.05, 0.1) is 77.3 Å². The van der Waals surface area contributed by atoms with Gasteiger partial charge in [-0.25, -0.2) is 9.59 Å². The van der Waals surface area contributed by atoms with Gasteiger partial charge >= 0.3 is 35.8 Å². The highest BCUT2D eigenvalue weighted by atomic mass is 32.1. The number of piperidine rings is 2. The second-order valence-corrected chi connectivity index (χ2v) is 36.2. The van der Waals surface area contributed by atoms with Gasteiger partial charge in [-0.15, -0.1) is 0 Å². The number of nitrogens with one attached hydrogen (secondary N) is 2. The molecule has 28 nitrogen and oxygen atoms in total. The molecule has 6 fully saturated rings. The van der Waals surface area contributed by atoms with Gasteiger partial charge in [-0.3, -0.25) is 48.4 Å². The predicted octanol–water partition coefficient (Wildman–Crippen LogP) is 7.03. The lowest BCUT2D eigenvalue weighted by Gasteiger charge is -2.63. The molecular formula is C92H112N8O20S-2. The highest BCUT2D eigenvalue weighted by molar-refractivity contribution is 7.37. The van der Waals surface area contributed by atoms with Crippen molar-refractivity contribution in [2.75, 3.05) is 118 Å². The van der Waals surface area contributed by atoms with E-state index in [1.807, 2.05) is 101 Å². The van der Waals surface area contributed by atoms with Crippen LogP contribution in [0.15, 0.2) is 97.1 Å². The first-order chi connectivity index (χ1) is 57.5. The van der Waals surface area contributed by atoms with Crippen LogP contribution in [0, 0.1) is 22.7 Å². The SMILES string of the molecule is CC[C@]1(O)C[C@H]2CN(CCc3c([nH]c4ccccc34)[C@@](C(=O)OC)(c3cc4c(cc3OC)N(C=O)[C@H]3[C@@](O)(C(=O)OC)[C@H](OC(C)=O)[C@]5(CC)C=CCN6CC[C@]43[C@@H]65)C2)C1.CC[C@]1(O)C[C@H]2CN(CCc3c([nH]c4ccccc34)[C@@](C(=O)OC)(c3cc4c(cc3OC)N(C=O)[C@H]3[C@@](O)(C(=O)OC)[C@H](OC(C)=O)[C@]5(CC)C=CCN6CC[C@]43[C@@H]65)C2)C1.[S-2]. The predicted molar refractivity (Wildman–Crippen MR) is 449 cm³/mol. The van der Waals surface area contributed by atoms with Gasteiger partial charge < -0.3 is 91.6 Å². The number of methoxy groups -OCH3 is 6. The Bertz CT molecular complexity index is 4950. The number of rotatable bonds is 16. The van der Waals surface area contributed by atoms with Crippen molar-refractivity contribution in [2.45, 2.75) is 199 Å². The Morgan fingerprint density at radius 2 is 0.868 bits per heavy atom. The van der Waals surface area contributed by atoms with Crippen LogP contribution < -0.4 is 19.3 Å². The number of hydrogen-bond donors (Lipinski definition) is 6. The van der Waals surface area contributed by atoms with Crippen molar-refractivity contribution in [2.24, 2.45) is 22.7 Å². The van der Waals surface area contributed by atoms with Crippen LogP contribution in [0.4, 0.5) is 11.4 Å². The van der Waals surface area contributed by atoms with E-state index in [1.54, 1.807) is 12.1 Å². The Morgan fingerprint density at radius 3 is 1.21 bits per heavy atom. The summed E-state index contributed by atoms with van der Waals surface area (Å²) in [6.07, 6.45) is 11.7. The molecule has 121 heavy (non-hydrogen) atoms. The Hall–Kier alpha value is -9.17. The highest BCUT2D eigenvalue weighted by Crippen LogP contribution is 2.71. The molecule has 2 saturated carbocycles. The number of carbonyl (C=O) groups is 8. The number of nitrogens with zero attached hydrogens (tertiary/aromatic N) is 6. The molecule has 4 aromatic carbocycles. The van der Waals surface area contributed by atoms with Crippen LogP contribution in [-0.4, -0.2) is 266 Å². The molecule has 2 aliphatic carbocycles. The van der Waals surface area contributed by atoms with Crippen LogP contribution in [0.3, 0.4) is 0 Å². The summed E-state index contributed by atoms with van der Waals surface area (Å²) >= 11 is 0. The summed E-state index contributed by atoms with van der Waals surface area (Å²) in [5.41, 5.74) is -6.30. The Kier molecular flexibility index (Phi) is 21.6. The number of ether oxygens (including phenoxy) is 8. The molecule has 20 atom stereocenters. The Balaban J connectivity index is 0.000000178. The average molecular weight is 1680 g/mol. The van der Waals surface area contributed by atoms with Gasteiger partial charge in [-0.2, -0.15) is 0 Å². The third kappa shape index (κ3) is 11.7. The first-order valence-electron chi connectivity index (χ1n) is 42.5. The van der Waals surface area contributed by atoms with Crippen molar-refractivity contribution >= 4 is 95.3 Å². The Morgan fingerprint density at radius 1 is 0.488 bits per heavy atom. The average Bonchev–Trinajstić information content (AvgIpc) is 1.49. The monoisotopic (exact) mass is 1680 g/mol. The lowest BCUT2D eigenvalue weighted by atomic mass is 9.47. The van der Waals surface area contributed by atoms with Crippen molar-refractivity contribution in [3.63, 3.8) is 0 Å².